The Morgan fingerprint density at radius 3 is 2.45 bits per heavy atom. The van der Waals surface area contributed by atoms with Crippen molar-refractivity contribution in [1.29, 1.82) is 0 Å². The number of rotatable bonds is 6. The maximum absolute atomic E-state index is 13.1. The molecule has 2 saturated heterocycles. The number of hydrogen-bond donors (Lipinski definition) is 2. The third-order valence-corrected chi connectivity index (χ3v) is 5.96. The zero-order valence-corrected chi connectivity index (χ0v) is 17.6. The number of primary amides is 1. The van der Waals surface area contributed by atoms with E-state index in [9.17, 15) is 14.4 Å². The van der Waals surface area contributed by atoms with Crippen LogP contribution in [0.25, 0.3) is 0 Å². The highest BCUT2D eigenvalue weighted by molar-refractivity contribution is 6.07. The minimum Gasteiger partial charge on any atom is -0.370 e. The van der Waals surface area contributed by atoms with Crippen LogP contribution in [0, 0.1) is 0 Å². The fraction of sp³-hybridized carbons (Fsp3) is 0.375. The highest BCUT2D eigenvalue weighted by atomic mass is 16.2. The minimum atomic E-state index is -0.530. The van der Waals surface area contributed by atoms with Crippen molar-refractivity contribution in [2.45, 2.75) is 38.6 Å². The molecule has 3 N–H and O–H groups in total. The van der Waals surface area contributed by atoms with Crippen molar-refractivity contribution in [1.82, 2.24) is 4.90 Å². The van der Waals surface area contributed by atoms with E-state index in [1.165, 1.54) is 6.42 Å². The van der Waals surface area contributed by atoms with Gasteiger partial charge in [-0.2, -0.15) is 0 Å². The third kappa shape index (κ3) is 4.87. The first kappa shape index (κ1) is 20.9. The molecule has 2 aliphatic heterocycles. The number of carbonyl (C=O) groups excluding carboxylic acids is 3. The lowest BCUT2D eigenvalue weighted by Crippen LogP contribution is -2.30. The average Bonchev–Trinajstić information content (AvgIpc) is 3.18. The molecule has 0 unspecified atom stereocenters. The van der Waals surface area contributed by atoms with Gasteiger partial charge in [0.2, 0.25) is 11.8 Å². The summed E-state index contributed by atoms with van der Waals surface area (Å²) >= 11 is 0. The smallest absolute Gasteiger partial charge is 0.255 e. The van der Waals surface area contributed by atoms with Gasteiger partial charge < -0.3 is 20.9 Å². The van der Waals surface area contributed by atoms with E-state index in [4.69, 9.17) is 5.73 Å². The molecule has 0 aromatic heterocycles. The van der Waals surface area contributed by atoms with Gasteiger partial charge in [0.15, 0.2) is 0 Å². The van der Waals surface area contributed by atoms with Gasteiger partial charge in [0.05, 0.1) is 11.4 Å². The summed E-state index contributed by atoms with van der Waals surface area (Å²) < 4.78 is 0. The van der Waals surface area contributed by atoms with Crippen LogP contribution in [0.4, 0.5) is 11.4 Å². The van der Waals surface area contributed by atoms with Gasteiger partial charge in [-0.05, 0) is 61.6 Å². The molecule has 2 fully saturated rings. The summed E-state index contributed by atoms with van der Waals surface area (Å²) in [4.78, 5) is 40.7. The van der Waals surface area contributed by atoms with E-state index in [1.54, 1.807) is 18.2 Å². The van der Waals surface area contributed by atoms with Gasteiger partial charge in [-0.15, -0.1) is 0 Å². The number of hydrogen-bond acceptors (Lipinski definition) is 4. The first-order valence-electron chi connectivity index (χ1n) is 10.9. The van der Waals surface area contributed by atoms with Crippen LogP contribution in [0.3, 0.4) is 0 Å². The quantitative estimate of drug-likeness (QED) is 0.750. The Bertz CT molecular complexity index is 998. The monoisotopic (exact) mass is 420 g/mol. The van der Waals surface area contributed by atoms with Crippen LogP contribution >= 0.6 is 0 Å². The third-order valence-electron chi connectivity index (χ3n) is 5.96. The number of piperidine rings is 1. The summed E-state index contributed by atoms with van der Waals surface area (Å²) in [6.07, 6.45) is 4.87. The van der Waals surface area contributed by atoms with E-state index in [0.29, 0.717) is 29.8 Å². The largest absolute Gasteiger partial charge is 0.370 e. The van der Waals surface area contributed by atoms with Crippen molar-refractivity contribution < 1.29 is 14.4 Å². The Morgan fingerprint density at radius 1 is 0.935 bits per heavy atom. The Labute approximate surface area is 182 Å². The highest BCUT2D eigenvalue weighted by Gasteiger charge is 2.21. The summed E-state index contributed by atoms with van der Waals surface area (Å²) in [6, 6.07) is 12.5. The molecule has 4 rings (SSSR count). The van der Waals surface area contributed by atoms with Gasteiger partial charge in [0.1, 0.15) is 0 Å². The van der Waals surface area contributed by atoms with Crippen LogP contribution in [-0.4, -0.2) is 42.3 Å². The van der Waals surface area contributed by atoms with E-state index in [2.05, 4.69) is 10.2 Å². The lowest BCUT2D eigenvalue weighted by atomic mass is 10.1. The molecule has 3 amide bonds. The fourth-order valence-corrected chi connectivity index (χ4v) is 4.30. The second-order valence-corrected chi connectivity index (χ2v) is 8.22. The molecule has 2 heterocycles. The van der Waals surface area contributed by atoms with Crippen LogP contribution in [0.1, 0.15) is 58.4 Å². The van der Waals surface area contributed by atoms with Crippen LogP contribution in [-0.2, 0) is 11.3 Å². The Balaban J connectivity index is 1.56. The molecule has 162 valence electrons. The highest BCUT2D eigenvalue weighted by Crippen LogP contribution is 2.30. The summed E-state index contributed by atoms with van der Waals surface area (Å²) in [7, 11) is 0. The number of anilines is 2. The van der Waals surface area contributed by atoms with E-state index >= 15 is 0 Å². The molecular formula is C24H28N4O3. The van der Waals surface area contributed by atoms with Crippen molar-refractivity contribution in [3.63, 3.8) is 0 Å². The molecule has 7 nitrogen and oxygen atoms in total. The number of nitrogens with zero attached hydrogens (tertiary/aromatic N) is 2. The van der Waals surface area contributed by atoms with Gasteiger partial charge in [-0.25, -0.2) is 0 Å². The predicted molar refractivity (Wildman–Crippen MR) is 120 cm³/mol. The number of amides is 3. The molecule has 31 heavy (non-hydrogen) atoms. The van der Waals surface area contributed by atoms with Crippen LogP contribution in [0.2, 0.25) is 0 Å². The first-order chi connectivity index (χ1) is 15.0. The van der Waals surface area contributed by atoms with Gasteiger partial charge in [-0.3, -0.25) is 14.4 Å². The molecule has 0 spiro atoms. The molecule has 0 aliphatic carbocycles. The van der Waals surface area contributed by atoms with Gasteiger partial charge >= 0.3 is 0 Å². The number of benzene rings is 2. The number of carbonyl (C=O) groups is 3. The number of nitrogens with one attached hydrogen (secondary N) is 1. The van der Waals surface area contributed by atoms with Crippen molar-refractivity contribution in [3.8, 4) is 0 Å². The standard InChI is InChI=1S/C24H28N4O3/c25-23(30)18-9-10-21(27-11-2-1-3-12-27)20(15-18)26-24(31)19-7-4-6-17(14-19)16-28-13-5-8-22(28)29/h4,6-7,9-10,14-15H,1-3,5,8,11-13,16H2,(H2,25,30)(H,26,31). The Kier molecular flexibility index (Phi) is 6.21. The topological polar surface area (TPSA) is 95.7 Å². The van der Waals surface area contributed by atoms with Crippen LogP contribution in [0.15, 0.2) is 42.5 Å². The zero-order valence-electron chi connectivity index (χ0n) is 17.6. The molecule has 0 saturated carbocycles. The SMILES string of the molecule is NC(=O)c1ccc(N2CCCCC2)c(NC(=O)c2cccc(CN3CCCC3=O)c2)c1. The molecule has 7 heteroatoms. The zero-order chi connectivity index (χ0) is 21.8. The molecular weight excluding hydrogens is 392 g/mol. The maximum Gasteiger partial charge on any atom is 0.255 e. The normalized spacial score (nSPS) is 16.5. The first-order valence-corrected chi connectivity index (χ1v) is 10.9. The number of likely N-dealkylation sites (tertiary alicyclic amines) is 1. The van der Waals surface area contributed by atoms with Gasteiger partial charge in [0.25, 0.3) is 5.91 Å². The summed E-state index contributed by atoms with van der Waals surface area (Å²) in [5.41, 5.74) is 8.74. The average molecular weight is 421 g/mol. The lowest BCUT2D eigenvalue weighted by Gasteiger charge is -2.30. The molecule has 0 radical (unpaired) electrons. The van der Waals surface area contributed by atoms with E-state index < -0.39 is 5.91 Å². The lowest BCUT2D eigenvalue weighted by molar-refractivity contribution is -0.128. The predicted octanol–water partition coefficient (Wildman–Crippen LogP) is 3.15. The van der Waals surface area contributed by atoms with Gasteiger partial charge in [-0.1, -0.05) is 12.1 Å². The second kappa shape index (κ2) is 9.20. The van der Waals surface area contributed by atoms with Crippen molar-refractivity contribution >= 4 is 29.1 Å². The summed E-state index contributed by atoms with van der Waals surface area (Å²) in [5, 5.41) is 2.98. The van der Waals surface area contributed by atoms with Crippen molar-refractivity contribution in [2.24, 2.45) is 5.73 Å². The van der Waals surface area contributed by atoms with Crippen LogP contribution in [0.5, 0.6) is 0 Å². The summed E-state index contributed by atoms with van der Waals surface area (Å²) in [5.74, 6) is -0.628. The molecule has 0 atom stereocenters. The van der Waals surface area contributed by atoms with Gasteiger partial charge in [0, 0.05) is 43.7 Å². The maximum atomic E-state index is 13.1. The van der Waals surface area contributed by atoms with E-state index in [1.807, 2.05) is 29.2 Å². The molecule has 2 aromatic carbocycles. The Morgan fingerprint density at radius 2 is 1.74 bits per heavy atom. The number of nitrogens with two attached hydrogens (primary N) is 1. The minimum absolute atomic E-state index is 0.157. The molecule has 2 aromatic rings. The second-order valence-electron chi connectivity index (χ2n) is 8.22. The van der Waals surface area contributed by atoms with E-state index in [0.717, 1.165) is 50.1 Å². The van der Waals surface area contributed by atoms with Crippen molar-refractivity contribution in [2.75, 3.05) is 29.9 Å². The summed E-state index contributed by atoms with van der Waals surface area (Å²) in [6.45, 7) is 3.10. The molecule has 2 aliphatic rings. The molecule has 0 bridgehead atoms. The van der Waals surface area contributed by atoms with E-state index in [-0.39, 0.29) is 11.8 Å². The Hall–Kier alpha value is -3.35. The fourth-order valence-electron chi connectivity index (χ4n) is 4.30. The van der Waals surface area contributed by atoms with Crippen molar-refractivity contribution in [3.05, 3.63) is 59.2 Å². The van der Waals surface area contributed by atoms with Crippen LogP contribution < -0.4 is 16.0 Å².